The first-order chi connectivity index (χ1) is 18.5. The van der Waals surface area contributed by atoms with E-state index in [0.717, 1.165) is 19.3 Å². The summed E-state index contributed by atoms with van der Waals surface area (Å²) < 4.78 is 24.2. The molecule has 4 rings (SSSR count). The summed E-state index contributed by atoms with van der Waals surface area (Å²) in [6.07, 6.45) is 3.87. The number of likely N-dealkylation sites (tertiary alicyclic amines) is 1. The van der Waals surface area contributed by atoms with Gasteiger partial charge in [0.15, 0.2) is 0 Å². The third kappa shape index (κ3) is 7.89. The number of aryl methyl sites for hydroxylation is 1. The van der Waals surface area contributed by atoms with Crippen LogP contribution in [-0.4, -0.2) is 42.5 Å². The first kappa shape index (κ1) is 27.3. The van der Waals surface area contributed by atoms with Crippen LogP contribution in [0.3, 0.4) is 0 Å². The van der Waals surface area contributed by atoms with Crippen LogP contribution in [0.15, 0.2) is 78.9 Å². The highest BCUT2D eigenvalue weighted by Crippen LogP contribution is 2.30. The van der Waals surface area contributed by atoms with E-state index in [9.17, 15) is 14.0 Å². The summed E-state index contributed by atoms with van der Waals surface area (Å²) in [6, 6.07) is 22.6. The van der Waals surface area contributed by atoms with Gasteiger partial charge in [-0.05, 0) is 92.6 Å². The van der Waals surface area contributed by atoms with E-state index in [1.54, 1.807) is 41.3 Å². The Hall–Kier alpha value is -3.71. The Kier molecular flexibility index (Phi) is 9.87. The van der Waals surface area contributed by atoms with Gasteiger partial charge in [0, 0.05) is 18.8 Å². The van der Waals surface area contributed by atoms with Gasteiger partial charge in [0.2, 0.25) is 11.8 Å². The molecule has 1 aliphatic heterocycles. The lowest BCUT2D eigenvalue weighted by Gasteiger charge is -2.24. The number of amides is 2. The van der Waals surface area contributed by atoms with Gasteiger partial charge in [-0.15, -0.1) is 0 Å². The minimum Gasteiger partial charge on any atom is -0.457 e. The first-order valence-corrected chi connectivity index (χ1v) is 13.3. The zero-order valence-corrected chi connectivity index (χ0v) is 21.8. The van der Waals surface area contributed by atoms with Crippen LogP contribution in [0.2, 0.25) is 0 Å². The second-order valence-corrected chi connectivity index (χ2v) is 9.56. The predicted octanol–water partition coefficient (Wildman–Crippen LogP) is 6.22. The van der Waals surface area contributed by atoms with Crippen molar-refractivity contribution in [1.82, 2.24) is 4.90 Å². The lowest BCUT2D eigenvalue weighted by Crippen LogP contribution is -2.43. The van der Waals surface area contributed by atoms with Crippen molar-refractivity contribution in [3.8, 4) is 11.5 Å². The Morgan fingerprint density at radius 3 is 2.34 bits per heavy atom. The number of hydrogen-bond acceptors (Lipinski definition) is 4. The van der Waals surface area contributed by atoms with E-state index in [2.05, 4.69) is 17.4 Å². The van der Waals surface area contributed by atoms with Crippen molar-refractivity contribution in [3.05, 3.63) is 90.2 Å². The number of nitrogens with zero attached hydrogens (tertiary/aromatic N) is 1. The third-order valence-corrected chi connectivity index (χ3v) is 6.77. The van der Waals surface area contributed by atoms with Crippen molar-refractivity contribution in [3.63, 3.8) is 0 Å². The van der Waals surface area contributed by atoms with Crippen LogP contribution >= 0.6 is 0 Å². The highest BCUT2D eigenvalue weighted by molar-refractivity contribution is 5.97. The summed E-state index contributed by atoms with van der Waals surface area (Å²) >= 11 is 0. The minimum absolute atomic E-state index is 0.0489. The minimum atomic E-state index is -0.513. The molecule has 2 amide bonds. The van der Waals surface area contributed by atoms with Crippen LogP contribution in [0.1, 0.15) is 38.2 Å². The molecule has 3 aromatic carbocycles. The van der Waals surface area contributed by atoms with E-state index < -0.39 is 6.04 Å². The molecule has 6 nitrogen and oxygen atoms in total. The number of benzene rings is 3. The summed E-state index contributed by atoms with van der Waals surface area (Å²) in [7, 11) is 0. The number of carbonyl (C=O) groups excluding carboxylic acids is 2. The van der Waals surface area contributed by atoms with Crippen molar-refractivity contribution in [2.45, 2.75) is 45.1 Å². The summed E-state index contributed by atoms with van der Waals surface area (Å²) in [6.45, 7) is 3.39. The van der Waals surface area contributed by atoms with E-state index in [1.807, 2.05) is 25.1 Å². The van der Waals surface area contributed by atoms with E-state index in [-0.39, 0.29) is 30.0 Å². The van der Waals surface area contributed by atoms with Gasteiger partial charge in [-0.1, -0.05) is 30.3 Å². The molecular formula is C31H35FN2O4. The van der Waals surface area contributed by atoms with Crippen LogP contribution in [0.4, 0.5) is 10.1 Å². The Morgan fingerprint density at radius 2 is 1.66 bits per heavy atom. The largest absolute Gasteiger partial charge is 0.457 e. The topological polar surface area (TPSA) is 67.9 Å². The molecule has 2 unspecified atom stereocenters. The van der Waals surface area contributed by atoms with Crippen molar-refractivity contribution in [2.24, 2.45) is 5.92 Å². The second-order valence-electron chi connectivity index (χ2n) is 9.56. The maximum Gasteiger partial charge on any atom is 0.247 e. The van der Waals surface area contributed by atoms with Crippen LogP contribution in [0.25, 0.3) is 0 Å². The molecule has 0 spiro atoms. The van der Waals surface area contributed by atoms with Gasteiger partial charge in [-0.2, -0.15) is 0 Å². The quantitative estimate of drug-likeness (QED) is 0.289. The third-order valence-electron chi connectivity index (χ3n) is 6.77. The molecule has 0 aliphatic carbocycles. The first-order valence-electron chi connectivity index (χ1n) is 13.3. The van der Waals surface area contributed by atoms with Gasteiger partial charge in [0.05, 0.1) is 13.0 Å². The SMILES string of the molecule is CCOCCC(=O)N1CC(CCCc2ccccc2)CC1C(=O)Nc1ccc(Oc2ccc(F)cc2)cc1. The van der Waals surface area contributed by atoms with Crippen molar-refractivity contribution in [1.29, 1.82) is 0 Å². The Balaban J connectivity index is 1.35. The molecule has 1 heterocycles. The standard InChI is InChI=1S/C31H35FN2O4/c1-2-37-20-19-30(35)34-22-24(10-6-9-23-7-4-3-5-8-23)21-29(34)31(36)33-26-13-17-28(18-14-26)38-27-15-11-25(32)12-16-27/h3-5,7-8,11-18,24,29H,2,6,9-10,19-22H2,1H3,(H,33,36). The number of hydrogen-bond donors (Lipinski definition) is 1. The van der Waals surface area contributed by atoms with E-state index in [4.69, 9.17) is 9.47 Å². The monoisotopic (exact) mass is 518 g/mol. The van der Waals surface area contributed by atoms with Crippen LogP contribution in [-0.2, 0) is 20.7 Å². The van der Waals surface area contributed by atoms with Crippen LogP contribution in [0, 0.1) is 11.7 Å². The highest BCUT2D eigenvalue weighted by Gasteiger charge is 2.39. The molecule has 1 saturated heterocycles. The van der Waals surface area contributed by atoms with Crippen molar-refractivity contribution < 1.29 is 23.5 Å². The number of carbonyl (C=O) groups is 2. The Labute approximate surface area is 223 Å². The predicted molar refractivity (Wildman–Crippen MR) is 146 cm³/mol. The van der Waals surface area contributed by atoms with Gasteiger partial charge in [-0.3, -0.25) is 9.59 Å². The lowest BCUT2D eigenvalue weighted by atomic mass is 9.97. The average Bonchev–Trinajstić information content (AvgIpc) is 3.36. The van der Waals surface area contributed by atoms with Gasteiger partial charge in [0.25, 0.3) is 0 Å². The molecule has 7 heteroatoms. The maximum atomic E-state index is 13.3. The smallest absolute Gasteiger partial charge is 0.247 e. The highest BCUT2D eigenvalue weighted by atomic mass is 19.1. The zero-order valence-electron chi connectivity index (χ0n) is 21.8. The maximum absolute atomic E-state index is 13.3. The van der Waals surface area contributed by atoms with Gasteiger partial charge < -0.3 is 19.7 Å². The van der Waals surface area contributed by atoms with Crippen LogP contribution < -0.4 is 10.1 Å². The molecule has 38 heavy (non-hydrogen) atoms. The van der Waals surface area contributed by atoms with E-state index in [0.29, 0.717) is 43.4 Å². The van der Waals surface area contributed by atoms with Gasteiger partial charge >= 0.3 is 0 Å². The normalized spacial score (nSPS) is 16.8. The number of ether oxygens (including phenoxy) is 2. The molecule has 0 saturated carbocycles. The molecule has 1 aliphatic rings. The average molecular weight is 519 g/mol. The van der Waals surface area contributed by atoms with Gasteiger partial charge in [-0.25, -0.2) is 4.39 Å². The molecule has 1 fully saturated rings. The molecule has 0 radical (unpaired) electrons. The molecule has 200 valence electrons. The van der Waals surface area contributed by atoms with E-state index >= 15 is 0 Å². The Morgan fingerprint density at radius 1 is 0.974 bits per heavy atom. The molecule has 1 N–H and O–H groups in total. The Bertz CT molecular complexity index is 1170. The fraction of sp³-hybridized carbons (Fsp3) is 0.355. The summed E-state index contributed by atoms with van der Waals surface area (Å²) in [5.74, 6) is 0.804. The lowest BCUT2D eigenvalue weighted by molar-refractivity contribution is -0.137. The molecular weight excluding hydrogens is 483 g/mol. The van der Waals surface area contributed by atoms with Crippen LogP contribution in [0.5, 0.6) is 11.5 Å². The fourth-order valence-corrected chi connectivity index (χ4v) is 4.81. The second kappa shape index (κ2) is 13.7. The van der Waals surface area contributed by atoms with E-state index in [1.165, 1.54) is 17.7 Å². The molecule has 2 atom stereocenters. The summed E-state index contributed by atoms with van der Waals surface area (Å²) in [4.78, 5) is 28.0. The van der Waals surface area contributed by atoms with Crippen molar-refractivity contribution >= 4 is 17.5 Å². The van der Waals surface area contributed by atoms with Gasteiger partial charge in [0.1, 0.15) is 23.4 Å². The summed E-state index contributed by atoms with van der Waals surface area (Å²) in [5.41, 5.74) is 1.92. The summed E-state index contributed by atoms with van der Waals surface area (Å²) in [5, 5.41) is 2.97. The number of rotatable bonds is 12. The zero-order chi connectivity index (χ0) is 26.7. The number of halogens is 1. The van der Waals surface area contributed by atoms with Crippen molar-refractivity contribution in [2.75, 3.05) is 25.1 Å². The molecule has 3 aromatic rings. The molecule has 0 bridgehead atoms. The number of anilines is 1. The number of nitrogens with one attached hydrogen (secondary N) is 1. The fourth-order valence-electron chi connectivity index (χ4n) is 4.81. The molecule has 0 aromatic heterocycles.